The summed E-state index contributed by atoms with van der Waals surface area (Å²) in [5, 5.41) is 0. The summed E-state index contributed by atoms with van der Waals surface area (Å²) in [5.74, 6) is 0. The summed E-state index contributed by atoms with van der Waals surface area (Å²) >= 11 is 0. The largest absolute Gasteiger partial charge is 0.306 e. The summed E-state index contributed by atoms with van der Waals surface area (Å²) in [5.41, 5.74) is 0. The van der Waals surface area contributed by atoms with E-state index in [-0.39, 0.29) is 17.0 Å². The Morgan fingerprint density at radius 3 is 1.87 bits per heavy atom. The fraction of sp³-hybridized carbons (Fsp3) is 1.00. The minimum Gasteiger partial charge on any atom is -0.306 e. The molecule has 0 fully saturated rings. The van der Waals surface area contributed by atoms with Gasteiger partial charge in [0.1, 0.15) is 0 Å². The summed E-state index contributed by atoms with van der Waals surface area (Å²) < 4.78 is 0. The highest BCUT2D eigenvalue weighted by molar-refractivity contribution is 8.93. The molecular formula is C13H30BrN. The highest BCUT2D eigenvalue weighted by atomic mass is 79.9. The first-order valence-electron chi connectivity index (χ1n) is 6.38. The minimum absolute atomic E-state index is 0. The van der Waals surface area contributed by atoms with Crippen molar-refractivity contribution >= 4 is 17.0 Å². The maximum absolute atomic E-state index is 2.37. The van der Waals surface area contributed by atoms with Gasteiger partial charge < -0.3 is 4.90 Å². The molecule has 0 spiro atoms. The molecule has 0 rings (SSSR count). The van der Waals surface area contributed by atoms with Gasteiger partial charge in [-0.1, -0.05) is 52.4 Å². The molecule has 0 amide bonds. The van der Waals surface area contributed by atoms with Crippen LogP contribution in [-0.4, -0.2) is 25.0 Å². The lowest BCUT2D eigenvalue weighted by Crippen LogP contribution is -2.26. The van der Waals surface area contributed by atoms with Crippen LogP contribution in [0.5, 0.6) is 0 Å². The van der Waals surface area contributed by atoms with E-state index in [1.807, 2.05) is 0 Å². The fourth-order valence-electron chi connectivity index (χ4n) is 1.99. The molecule has 0 heterocycles. The van der Waals surface area contributed by atoms with Gasteiger partial charge in [-0.05, 0) is 26.9 Å². The average molecular weight is 280 g/mol. The van der Waals surface area contributed by atoms with Gasteiger partial charge in [-0.25, -0.2) is 0 Å². The molecule has 0 aliphatic rings. The standard InChI is InChI=1S/C13H29N.BrH/c1-5-7-8-9-10-11-12-13(6-2)14(3)4;/h13H,5-12H2,1-4H3;1H. The molecule has 2 heteroatoms. The van der Waals surface area contributed by atoms with Crippen molar-refractivity contribution in [2.24, 2.45) is 0 Å². The molecule has 1 nitrogen and oxygen atoms in total. The Hall–Kier alpha value is 0.440. The average Bonchev–Trinajstić information content (AvgIpc) is 2.16. The van der Waals surface area contributed by atoms with E-state index >= 15 is 0 Å². The Morgan fingerprint density at radius 1 is 0.867 bits per heavy atom. The molecule has 1 unspecified atom stereocenters. The van der Waals surface area contributed by atoms with E-state index in [1.54, 1.807) is 0 Å². The summed E-state index contributed by atoms with van der Waals surface area (Å²) in [6.07, 6.45) is 11.2. The van der Waals surface area contributed by atoms with E-state index in [0.717, 1.165) is 6.04 Å². The Balaban J connectivity index is 0. The van der Waals surface area contributed by atoms with Crippen molar-refractivity contribution < 1.29 is 0 Å². The maximum atomic E-state index is 2.37. The molecule has 0 saturated carbocycles. The molecule has 0 bridgehead atoms. The van der Waals surface area contributed by atoms with Crippen LogP contribution >= 0.6 is 17.0 Å². The summed E-state index contributed by atoms with van der Waals surface area (Å²) in [6, 6.07) is 0.807. The van der Waals surface area contributed by atoms with Crippen LogP contribution in [0.1, 0.15) is 65.2 Å². The lowest BCUT2D eigenvalue weighted by Gasteiger charge is -2.22. The normalized spacial score (nSPS) is 12.6. The number of hydrogen-bond donors (Lipinski definition) is 0. The molecule has 15 heavy (non-hydrogen) atoms. The molecule has 1 atom stereocenters. The van der Waals surface area contributed by atoms with E-state index in [9.17, 15) is 0 Å². The zero-order valence-corrected chi connectivity index (χ0v) is 12.8. The molecule has 0 N–H and O–H groups in total. The van der Waals surface area contributed by atoms with Crippen molar-refractivity contribution in [3.63, 3.8) is 0 Å². The van der Waals surface area contributed by atoms with Crippen LogP contribution in [0.4, 0.5) is 0 Å². The zero-order chi connectivity index (χ0) is 10.8. The quantitative estimate of drug-likeness (QED) is 0.555. The van der Waals surface area contributed by atoms with Crippen LogP contribution in [0, 0.1) is 0 Å². The Kier molecular flexibility index (Phi) is 14.9. The number of nitrogens with zero attached hydrogens (tertiary/aromatic N) is 1. The van der Waals surface area contributed by atoms with Gasteiger partial charge in [-0.15, -0.1) is 17.0 Å². The third-order valence-electron chi connectivity index (χ3n) is 3.09. The first-order chi connectivity index (χ1) is 6.72. The molecule has 0 saturated heterocycles. The number of hydrogen-bond acceptors (Lipinski definition) is 1. The molecule has 0 aromatic carbocycles. The van der Waals surface area contributed by atoms with Crippen LogP contribution in [0.15, 0.2) is 0 Å². The molecule has 0 aromatic heterocycles. The van der Waals surface area contributed by atoms with Crippen LogP contribution in [0.25, 0.3) is 0 Å². The predicted molar refractivity (Wildman–Crippen MR) is 76.1 cm³/mol. The third kappa shape index (κ3) is 10.7. The lowest BCUT2D eigenvalue weighted by molar-refractivity contribution is 0.264. The smallest absolute Gasteiger partial charge is 0.00865 e. The third-order valence-corrected chi connectivity index (χ3v) is 3.09. The molecule has 94 valence electrons. The summed E-state index contributed by atoms with van der Waals surface area (Å²) in [6.45, 7) is 4.57. The second-order valence-corrected chi connectivity index (χ2v) is 4.58. The van der Waals surface area contributed by atoms with Gasteiger partial charge in [0, 0.05) is 6.04 Å². The second-order valence-electron chi connectivity index (χ2n) is 4.58. The van der Waals surface area contributed by atoms with Gasteiger partial charge in [0.05, 0.1) is 0 Å². The maximum Gasteiger partial charge on any atom is 0.00865 e. The van der Waals surface area contributed by atoms with Crippen LogP contribution in [-0.2, 0) is 0 Å². The summed E-state index contributed by atoms with van der Waals surface area (Å²) in [7, 11) is 4.40. The molecule has 0 aliphatic carbocycles. The van der Waals surface area contributed by atoms with Crippen LogP contribution in [0.2, 0.25) is 0 Å². The van der Waals surface area contributed by atoms with Crippen molar-refractivity contribution in [2.75, 3.05) is 14.1 Å². The van der Waals surface area contributed by atoms with Crippen molar-refractivity contribution in [1.29, 1.82) is 0 Å². The van der Waals surface area contributed by atoms with Gasteiger partial charge in [0.25, 0.3) is 0 Å². The van der Waals surface area contributed by atoms with E-state index < -0.39 is 0 Å². The Labute approximate surface area is 107 Å². The van der Waals surface area contributed by atoms with Gasteiger partial charge in [-0.2, -0.15) is 0 Å². The van der Waals surface area contributed by atoms with Crippen molar-refractivity contribution in [3.05, 3.63) is 0 Å². The second kappa shape index (κ2) is 12.5. The van der Waals surface area contributed by atoms with Crippen molar-refractivity contribution in [1.82, 2.24) is 4.90 Å². The first kappa shape index (κ1) is 17.8. The van der Waals surface area contributed by atoms with Crippen molar-refractivity contribution in [3.8, 4) is 0 Å². The minimum atomic E-state index is 0. The van der Waals surface area contributed by atoms with E-state index in [2.05, 4.69) is 32.8 Å². The Bertz CT molecular complexity index is 115. The molecule has 0 radical (unpaired) electrons. The van der Waals surface area contributed by atoms with E-state index in [1.165, 1.54) is 51.4 Å². The van der Waals surface area contributed by atoms with E-state index in [4.69, 9.17) is 0 Å². The van der Waals surface area contributed by atoms with Crippen LogP contribution < -0.4 is 0 Å². The van der Waals surface area contributed by atoms with Gasteiger partial charge in [0.2, 0.25) is 0 Å². The summed E-state index contributed by atoms with van der Waals surface area (Å²) in [4.78, 5) is 2.37. The van der Waals surface area contributed by atoms with E-state index in [0.29, 0.717) is 0 Å². The number of halogens is 1. The van der Waals surface area contributed by atoms with Crippen LogP contribution in [0.3, 0.4) is 0 Å². The highest BCUT2D eigenvalue weighted by Gasteiger charge is 2.07. The zero-order valence-electron chi connectivity index (χ0n) is 11.1. The molecular weight excluding hydrogens is 250 g/mol. The van der Waals surface area contributed by atoms with Gasteiger partial charge in [-0.3, -0.25) is 0 Å². The molecule has 0 aromatic rings. The lowest BCUT2D eigenvalue weighted by atomic mass is 10.0. The number of unbranched alkanes of at least 4 members (excludes halogenated alkanes) is 5. The molecule has 0 aliphatic heterocycles. The fourth-order valence-corrected chi connectivity index (χ4v) is 1.99. The monoisotopic (exact) mass is 279 g/mol. The highest BCUT2D eigenvalue weighted by Crippen LogP contribution is 2.12. The Morgan fingerprint density at radius 2 is 1.40 bits per heavy atom. The van der Waals surface area contributed by atoms with Crippen molar-refractivity contribution in [2.45, 2.75) is 71.3 Å². The number of rotatable bonds is 9. The topological polar surface area (TPSA) is 3.24 Å². The SMILES string of the molecule is Br.CCCCCCCCC(CC)N(C)C. The van der Waals surface area contributed by atoms with Gasteiger partial charge >= 0.3 is 0 Å². The first-order valence-corrected chi connectivity index (χ1v) is 6.38. The predicted octanol–water partition coefficient (Wildman–Crippen LogP) is 4.66. The van der Waals surface area contributed by atoms with Gasteiger partial charge in [0.15, 0.2) is 0 Å².